The van der Waals surface area contributed by atoms with E-state index in [2.05, 4.69) is 41.5 Å². The van der Waals surface area contributed by atoms with E-state index in [1.54, 1.807) is 0 Å². The standard InChI is InChI=1S/C23H46O3/c1-7-10-11-12-13-14-15-22(16-19-24-20-21(4)5)23(6,25-17-8-2)26-18-9-3/h20,22H,7-19H2,1-6H3. The minimum atomic E-state index is -0.496. The van der Waals surface area contributed by atoms with Crippen LogP contribution in [0.1, 0.15) is 106 Å². The molecule has 1 unspecified atom stereocenters. The highest BCUT2D eigenvalue weighted by molar-refractivity contribution is 4.86. The number of hydrogen-bond donors (Lipinski definition) is 0. The van der Waals surface area contributed by atoms with Crippen molar-refractivity contribution in [2.45, 2.75) is 112 Å². The largest absolute Gasteiger partial charge is 0.501 e. The van der Waals surface area contributed by atoms with Gasteiger partial charge in [-0.25, -0.2) is 0 Å². The van der Waals surface area contributed by atoms with Gasteiger partial charge in [0.2, 0.25) is 0 Å². The molecule has 0 N–H and O–H groups in total. The normalized spacial score (nSPS) is 12.8. The van der Waals surface area contributed by atoms with Crippen LogP contribution in [-0.2, 0) is 14.2 Å². The van der Waals surface area contributed by atoms with Crippen molar-refractivity contribution < 1.29 is 14.2 Å². The highest BCUT2D eigenvalue weighted by Crippen LogP contribution is 2.32. The van der Waals surface area contributed by atoms with Crippen LogP contribution in [0.3, 0.4) is 0 Å². The molecule has 0 rings (SSSR count). The fourth-order valence-electron chi connectivity index (χ4n) is 3.16. The second-order valence-electron chi connectivity index (χ2n) is 7.82. The first-order valence-electron chi connectivity index (χ1n) is 11.0. The summed E-state index contributed by atoms with van der Waals surface area (Å²) in [6, 6.07) is 0. The van der Waals surface area contributed by atoms with Gasteiger partial charge in [0.15, 0.2) is 5.79 Å². The summed E-state index contributed by atoms with van der Waals surface area (Å²) in [5.74, 6) is -0.124. The van der Waals surface area contributed by atoms with Crippen LogP contribution in [-0.4, -0.2) is 25.6 Å². The van der Waals surface area contributed by atoms with E-state index in [0.717, 1.165) is 45.5 Å². The predicted molar refractivity (Wildman–Crippen MR) is 112 cm³/mol. The summed E-state index contributed by atoms with van der Waals surface area (Å²) in [5.41, 5.74) is 1.20. The Balaban J connectivity index is 4.71. The van der Waals surface area contributed by atoms with Gasteiger partial charge in [-0.05, 0) is 52.0 Å². The van der Waals surface area contributed by atoms with Crippen LogP contribution in [0.2, 0.25) is 0 Å². The van der Waals surface area contributed by atoms with Gasteiger partial charge in [0.25, 0.3) is 0 Å². The summed E-state index contributed by atoms with van der Waals surface area (Å²) in [7, 11) is 0. The molecule has 0 radical (unpaired) electrons. The quantitative estimate of drug-likeness (QED) is 0.144. The lowest BCUT2D eigenvalue weighted by Gasteiger charge is -2.37. The SMILES string of the molecule is CCCCCCCCC(CCOC=C(C)C)C(C)(OCCC)OCCC. The Hall–Kier alpha value is -0.540. The molecule has 0 aromatic carbocycles. The number of unbranched alkanes of at least 4 members (excludes halogenated alkanes) is 5. The first kappa shape index (κ1) is 25.5. The first-order chi connectivity index (χ1) is 12.5. The summed E-state index contributed by atoms with van der Waals surface area (Å²) in [5, 5.41) is 0. The number of ether oxygens (including phenoxy) is 3. The molecule has 0 saturated carbocycles. The van der Waals surface area contributed by atoms with Gasteiger partial charge in [0.1, 0.15) is 0 Å². The molecule has 0 saturated heterocycles. The van der Waals surface area contributed by atoms with Crippen LogP contribution in [0.4, 0.5) is 0 Å². The summed E-state index contributed by atoms with van der Waals surface area (Å²) < 4.78 is 18.2. The highest BCUT2D eigenvalue weighted by Gasteiger charge is 2.35. The molecule has 0 aliphatic heterocycles. The smallest absolute Gasteiger partial charge is 0.168 e. The minimum Gasteiger partial charge on any atom is -0.501 e. The molecular weight excluding hydrogens is 324 g/mol. The van der Waals surface area contributed by atoms with E-state index in [0.29, 0.717) is 5.92 Å². The molecule has 0 amide bonds. The zero-order chi connectivity index (χ0) is 19.7. The van der Waals surface area contributed by atoms with Crippen LogP contribution in [0, 0.1) is 5.92 Å². The molecule has 0 aliphatic carbocycles. The van der Waals surface area contributed by atoms with Crippen LogP contribution in [0.25, 0.3) is 0 Å². The maximum atomic E-state index is 6.22. The van der Waals surface area contributed by atoms with Crippen molar-refractivity contribution in [3.8, 4) is 0 Å². The Morgan fingerprint density at radius 2 is 1.35 bits per heavy atom. The molecule has 0 fully saturated rings. The summed E-state index contributed by atoms with van der Waals surface area (Å²) >= 11 is 0. The van der Waals surface area contributed by atoms with Crippen LogP contribution >= 0.6 is 0 Å². The third kappa shape index (κ3) is 12.8. The summed E-state index contributed by atoms with van der Waals surface area (Å²) in [6.45, 7) is 15.1. The number of allylic oxidation sites excluding steroid dienone is 1. The van der Waals surface area contributed by atoms with Crippen molar-refractivity contribution >= 4 is 0 Å². The van der Waals surface area contributed by atoms with Gasteiger partial charge in [0, 0.05) is 19.1 Å². The van der Waals surface area contributed by atoms with Crippen LogP contribution in [0.15, 0.2) is 11.8 Å². The molecule has 0 spiro atoms. The zero-order valence-electron chi connectivity index (χ0n) is 18.6. The van der Waals surface area contributed by atoms with E-state index in [1.807, 2.05) is 6.26 Å². The van der Waals surface area contributed by atoms with E-state index in [-0.39, 0.29) is 0 Å². The lowest BCUT2D eigenvalue weighted by atomic mass is 9.89. The van der Waals surface area contributed by atoms with Crippen LogP contribution in [0.5, 0.6) is 0 Å². The molecule has 1 atom stereocenters. The van der Waals surface area contributed by atoms with Crippen molar-refractivity contribution in [2.75, 3.05) is 19.8 Å². The highest BCUT2D eigenvalue weighted by atomic mass is 16.7. The van der Waals surface area contributed by atoms with Crippen molar-refractivity contribution in [3.05, 3.63) is 11.8 Å². The Morgan fingerprint density at radius 1 is 0.769 bits per heavy atom. The van der Waals surface area contributed by atoms with E-state index in [9.17, 15) is 0 Å². The topological polar surface area (TPSA) is 27.7 Å². The third-order valence-corrected chi connectivity index (χ3v) is 4.74. The van der Waals surface area contributed by atoms with Crippen molar-refractivity contribution in [1.82, 2.24) is 0 Å². The van der Waals surface area contributed by atoms with Gasteiger partial charge in [-0.1, -0.05) is 59.3 Å². The van der Waals surface area contributed by atoms with E-state index in [4.69, 9.17) is 14.2 Å². The molecule has 3 heteroatoms. The minimum absolute atomic E-state index is 0.373. The maximum Gasteiger partial charge on any atom is 0.168 e. The van der Waals surface area contributed by atoms with E-state index < -0.39 is 5.79 Å². The molecule has 26 heavy (non-hydrogen) atoms. The molecule has 0 aromatic heterocycles. The monoisotopic (exact) mass is 370 g/mol. The van der Waals surface area contributed by atoms with Crippen molar-refractivity contribution in [1.29, 1.82) is 0 Å². The van der Waals surface area contributed by atoms with Gasteiger partial charge in [-0.15, -0.1) is 0 Å². The lowest BCUT2D eigenvalue weighted by molar-refractivity contribution is -0.259. The van der Waals surface area contributed by atoms with Gasteiger partial charge in [-0.3, -0.25) is 0 Å². The fraction of sp³-hybridized carbons (Fsp3) is 0.913. The Morgan fingerprint density at radius 3 is 1.88 bits per heavy atom. The molecule has 0 heterocycles. The van der Waals surface area contributed by atoms with Gasteiger partial charge >= 0.3 is 0 Å². The van der Waals surface area contributed by atoms with E-state index >= 15 is 0 Å². The third-order valence-electron chi connectivity index (χ3n) is 4.74. The van der Waals surface area contributed by atoms with Crippen molar-refractivity contribution in [3.63, 3.8) is 0 Å². The summed E-state index contributed by atoms with van der Waals surface area (Å²) in [4.78, 5) is 0. The maximum absolute atomic E-state index is 6.22. The molecule has 0 aromatic rings. The van der Waals surface area contributed by atoms with Gasteiger partial charge < -0.3 is 14.2 Å². The van der Waals surface area contributed by atoms with Crippen LogP contribution < -0.4 is 0 Å². The van der Waals surface area contributed by atoms with E-state index in [1.165, 1.54) is 44.1 Å². The molecule has 0 aliphatic rings. The van der Waals surface area contributed by atoms with Gasteiger partial charge in [-0.2, -0.15) is 0 Å². The number of hydrogen-bond acceptors (Lipinski definition) is 3. The predicted octanol–water partition coefficient (Wildman–Crippen LogP) is 7.25. The number of rotatable bonds is 18. The zero-order valence-corrected chi connectivity index (χ0v) is 18.6. The Labute approximate surface area is 163 Å². The second kappa shape index (κ2) is 16.6. The van der Waals surface area contributed by atoms with Gasteiger partial charge in [0.05, 0.1) is 12.9 Å². The molecule has 0 bridgehead atoms. The average molecular weight is 371 g/mol. The Kier molecular flexibility index (Phi) is 16.3. The summed E-state index contributed by atoms with van der Waals surface area (Å²) in [6.07, 6.45) is 13.9. The lowest BCUT2D eigenvalue weighted by Crippen LogP contribution is -2.42. The average Bonchev–Trinajstić information content (AvgIpc) is 2.62. The second-order valence-corrected chi connectivity index (χ2v) is 7.82. The fourth-order valence-corrected chi connectivity index (χ4v) is 3.16. The molecule has 156 valence electrons. The molecule has 3 nitrogen and oxygen atoms in total. The molecular formula is C23H46O3. The first-order valence-corrected chi connectivity index (χ1v) is 11.0. The Bertz CT molecular complexity index is 326. The van der Waals surface area contributed by atoms with Crippen molar-refractivity contribution in [2.24, 2.45) is 5.92 Å².